The van der Waals surface area contributed by atoms with Gasteiger partial charge in [-0.25, -0.2) is 4.39 Å². The van der Waals surface area contributed by atoms with E-state index in [4.69, 9.17) is 4.74 Å². The summed E-state index contributed by atoms with van der Waals surface area (Å²) in [6.45, 7) is 0.127. The first-order valence-corrected chi connectivity index (χ1v) is 10.6. The van der Waals surface area contributed by atoms with Crippen LogP contribution in [-0.2, 0) is 12.8 Å². The van der Waals surface area contributed by atoms with E-state index >= 15 is 0 Å². The number of rotatable bonds is 7. The highest BCUT2D eigenvalue weighted by Gasteiger charge is 2.33. The Morgan fingerprint density at radius 2 is 1.79 bits per heavy atom. The van der Waals surface area contributed by atoms with Crippen LogP contribution in [0.1, 0.15) is 16.7 Å². The van der Waals surface area contributed by atoms with Crippen LogP contribution in [-0.4, -0.2) is 11.1 Å². The maximum absolute atomic E-state index is 13.3. The Morgan fingerprint density at radius 3 is 2.39 bits per heavy atom. The zero-order valence-electron chi connectivity index (χ0n) is 16.4. The smallest absolute Gasteiger partial charge is 0.416 e. The third kappa shape index (κ3) is 6.51. The molecular formula is C21H13Br2F4N3O3. The summed E-state index contributed by atoms with van der Waals surface area (Å²) in [5, 5.41) is 15.0. The highest BCUT2D eigenvalue weighted by molar-refractivity contribution is 9.11. The van der Waals surface area contributed by atoms with Crippen LogP contribution in [0.4, 0.5) is 28.9 Å². The average Bonchev–Trinajstić information content (AvgIpc) is 2.72. The minimum atomic E-state index is -4.70. The van der Waals surface area contributed by atoms with Gasteiger partial charge in [0.15, 0.2) is 0 Å². The molecule has 0 aliphatic carbocycles. The number of hydrazone groups is 1. The van der Waals surface area contributed by atoms with Crippen molar-refractivity contribution in [2.75, 3.05) is 5.43 Å². The van der Waals surface area contributed by atoms with E-state index in [1.54, 1.807) is 24.3 Å². The Bertz CT molecular complexity index is 1200. The lowest BCUT2D eigenvalue weighted by atomic mass is 10.1. The lowest BCUT2D eigenvalue weighted by Gasteiger charge is -2.11. The second-order valence-corrected chi connectivity index (χ2v) is 8.30. The van der Waals surface area contributed by atoms with Crippen LogP contribution in [0.3, 0.4) is 0 Å². The molecule has 3 aromatic rings. The molecule has 0 aliphatic heterocycles. The van der Waals surface area contributed by atoms with Gasteiger partial charge in [0.2, 0.25) is 0 Å². The van der Waals surface area contributed by atoms with Gasteiger partial charge in [0.05, 0.1) is 25.6 Å². The summed E-state index contributed by atoms with van der Waals surface area (Å²) >= 11 is 6.75. The summed E-state index contributed by atoms with van der Waals surface area (Å²) in [5.41, 5.74) is 1.49. The number of anilines is 1. The van der Waals surface area contributed by atoms with Gasteiger partial charge in [0.25, 0.3) is 5.69 Å². The molecule has 0 fully saturated rings. The maximum Gasteiger partial charge on any atom is 0.416 e. The monoisotopic (exact) mass is 589 g/mol. The fraction of sp³-hybridized carbons (Fsp3) is 0.0952. The molecule has 0 spiro atoms. The summed E-state index contributed by atoms with van der Waals surface area (Å²) < 4.78 is 58.6. The lowest BCUT2D eigenvalue weighted by Crippen LogP contribution is -2.06. The van der Waals surface area contributed by atoms with Gasteiger partial charge in [-0.05, 0) is 79.4 Å². The van der Waals surface area contributed by atoms with E-state index in [1.165, 1.54) is 18.3 Å². The Kier molecular flexibility index (Phi) is 7.69. The number of benzene rings is 3. The Balaban J connectivity index is 1.74. The van der Waals surface area contributed by atoms with Gasteiger partial charge in [0.1, 0.15) is 23.9 Å². The molecule has 0 amide bonds. The normalized spacial score (nSPS) is 11.6. The largest absolute Gasteiger partial charge is 0.487 e. The predicted molar refractivity (Wildman–Crippen MR) is 122 cm³/mol. The lowest BCUT2D eigenvalue weighted by molar-refractivity contribution is -0.384. The second kappa shape index (κ2) is 10.3. The molecule has 6 nitrogen and oxygen atoms in total. The van der Waals surface area contributed by atoms with Crippen LogP contribution in [0, 0.1) is 15.9 Å². The zero-order valence-corrected chi connectivity index (χ0v) is 19.5. The van der Waals surface area contributed by atoms with Crippen molar-refractivity contribution in [1.82, 2.24) is 0 Å². The quantitative estimate of drug-likeness (QED) is 0.136. The molecule has 0 saturated carbocycles. The SMILES string of the molecule is O=[N+]([O-])c1cc(C(F)(F)F)ccc1N/N=C\c1cc(Br)c(OCc2cccc(F)c2)c(Br)c1. The van der Waals surface area contributed by atoms with Crippen molar-refractivity contribution in [3.63, 3.8) is 0 Å². The molecule has 12 heteroatoms. The van der Waals surface area contributed by atoms with Gasteiger partial charge in [0, 0.05) is 6.07 Å². The fourth-order valence-corrected chi connectivity index (χ4v) is 4.15. The van der Waals surface area contributed by atoms with Gasteiger partial charge >= 0.3 is 6.18 Å². The molecule has 3 rings (SSSR count). The van der Waals surface area contributed by atoms with E-state index in [0.29, 0.717) is 31.9 Å². The number of hydrogen-bond donors (Lipinski definition) is 1. The Hall–Kier alpha value is -2.99. The number of hydrogen-bond acceptors (Lipinski definition) is 5. The summed E-state index contributed by atoms with van der Waals surface area (Å²) in [7, 11) is 0. The first-order valence-electron chi connectivity index (χ1n) is 9.05. The van der Waals surface area contributed by atoms with E-state index in [2.05, 4.69) is 42.4 Å². The maximum atomic E-state index is 13.3. The molecule has 0 bridgehead atoms. The molecule has 1 N–H and O–H groups in total. The molecule has 0 aliphatic rings. The predicted octanol–water partition coefficient (Wildman–Crippen LogP) is 7.30. The number of alkyl halides is 3. The Morgan fingerprint density at radius 1 is 1.09 bits per heavy atom. The molecule has 0 atom stereocenters. The third-order valence-electron chi connectivity index (χ3n) is 4.21. The van der Waals surface area contributed by atoms with Gasteiger partial charge < -0.3 is 4.74 Å². The highest BCUT2D eigenvalue weighted by Crippen LogP contribution is 2.36. The molecule has 0 radical (unpaired) electrons. The Labute approximate surface area is 201 Å². The minimum absolute atomic E-state index is 0.127. The summed E-state index contributed by atoms with van der Waals surface area (Å²) in [6.07, 6.45) is -3.38. The first-order chi connectivity index (χ1) is 15.5. The average molecular weight is 591 g/mol. The molecule has 0 saturated heterocycles. The van der Waals surface area contributed by atoms with Crippen molar-refractivity contribution in [3.05, 3.63) is 96.2 Å². The molecule has 33 heavy (non-hydrogen) atoms. The van der Waals surface area contributed by atoms with Crippen molar-refractivity contribution in [2.24, 2.45) is 5.10 Å². The van der Waals surface area contributed by atoms with Gasteiger partial charge in [-0.3, -0.25) is 15.5 Å². The van der Waals surface area contributed by atoms with Crippen LogP contribution in [0.25, 0.3) is 0 Å². The fourth-order valence-electron chi connectivity index (χ4n) is 2.70. The summed E-state index contributed by atoms with van der Waals surface area (Å²) in [4.78, 5) is 10.2. The number of nitrogens with one attached hydrogen (secondary N) is 1. The number of nitro groups is 1. The van der Waals surface area contributed by atoms with Crippen molar-refractivity contribution < 1.29 is 27.2 Å². The number of ether oxygens (including phenoxy) is 1. The number of nitro benzene ring substituents is 1. The highest BCUT2D eigenvalue weighted by atomic mass is 79.9. The van der Waals surface area contributed by atoms with Crippen LogP contribution in [0.2, 0.25) is 0 Å². The van der Waals surface area contributed by atoms with Crippen molar-refractivity contribution in [1.29, 1.82) is 0 Å². The molecular weight excluding hydrogens is 578 g/mol. The number of halogens is 6. The zero-order chi connectivity index (χ0) is 24.2. The standard InChI is InChI=1S/C21H13Br2F4N3O3/c22-16-7-13(8-17(23)20(16)33-11-12-2-1-3-15(24)6-12)10-28-29-18-5-4-14(21(25,26)27)9-19(18)30(31)32/h1-10,29H,11H2/b28-10-. The van der Waals surface area contributed by atoms with E-state index in [-0.39, 0.29) is 18.1 Å². The van der Waals surface area contributed by atoms with Crippen LogP contribution < -0.4 is 10.2 Å². The summed E-state index contributed by atoms with van der Waals surface area (Å²) in [5.74, 6) is 0.0873. The summed E-state index contributed by atoms with van der Waals surface area (Å²) in [6, 6.07) is 11.4. The third-order valence-corrected chi connectivity index (χ3v) is 5.39. The topological polar surface area (TPSA) is 76.8 Å². The molecule has 0 heterocycles. The van der Waals surface area contributed by atoms with Gasteiger partial charge in [-0.15, -0.1) is 0 Å². The van der Waals surface area contributed by atoms with Crippen LogP contribution >= 0.6 is 31.9 Å². The molecule has 3 aromatic carbocycles. The van der Waals surface area contributed by atoms with Crippen molar-refractivity contribution in [3.8, 4) is 5.75 Å². The van der Waals surface area contributed by atoms with E-state index in [1.807, 2.05) is 0 Å². The van der Waals surface area contributed by atoms with Gasteiger partial charge in [-0.1, -0.05) is 12.1 Å². The second-order valence-electron chi connectivity index (χ2n) is 6.59. The minimum Gasteiger partial charge on any atom is -0.487 e. The van der Waals surface area contributed by atoms with Gasteiger partial charge in [-0.2, -0.15) is 18.3 Å². The first kappa shape index (κ1) is 24.6. The van der Waals surface area contributed by atoms with Crippen LogP contribution in [0.15, 0.2) is 68.6 Å². The van der Waals surface area contributed by atoms with Crippen LogP contribution in [0.5, 0.6) is 5.75 Å². The van der Waals surface area contributed by atoms with E-state index in [0.717, 1.165) is 12.1 Å². The number of nitrogens with zero attached hydrogens (tertiary/aromatic N) is 2. The van der Waals surface area contributed by atoms with E-state index < -0.39 is 22.4 Å². The molecule has 172 valence electrons. The molecule has 0 unspecified atom stereocenters. The van der Waals surface area contributed by atoms with Crippen molar-refractivity contribution in [2.45, 2.75) is 12.8 Å². The van der Waals surface area contributed by atoms with Crippen molar-refractivity contribution >= 4 is 49.4 Å². The van der Waals surface area contributed by atoms with E-state index in [9.17, 15) is 27.7 Å². The molecule has 0 aromatic heterocycles.